The van der Waals surface area contributed by atoms with Gasteiger partial charge in [-0.2, -0.15) is 0 Å². The second-order valence-electron chi connectivity index (χ2n) is 20.2. The molecule has 2 N–H and O–H groups in total. The maximum atomic E-state index is 9.44. The molecule has 12 fully saturated rings. The average molecular weight is 764 g/mol. The highest BCUT2D eigenvalue weighted by Gasteiger charge is 2.53. The highest BCUT2D eigenvalue weighted by atomic mass is 79.9. The second kappa shape index (κ2) is 14.1. The van der Waals surface area contributed by atoms with Crippen LogP contribution in [0.25, 0.3) is 0 Å². The monoisotopic (exact) mass is 762 g/mol. The fourth-order valence-corrected chi connectivity index (χ4v) is 16.5. The Morgan fingerprint density at radius 3 is 0.981 bits per heavy atom. The fraction of sp³-hybridized carbons (Fsp3) is 0.633. The van der Waals surface area contributed by atoms with E-state index in [0.717, 1.165) is 53.3 Å². The van der Waals surface area contributed by atoms with Gasteiger partial charge in [-0.25, -0.2) is 0 Å². The predicted octanol–water partition coefficient (Wildman–Crippen LogP) is 13.1. The molecule has 0 atom stereocenters. The summed E-state index contributed by atoms with van der Waals surface area (Å²) in [6.45, 7) is 2.20. The minimum absolute atomic E-state index is 0.322. The first-order valence-electron chi connectivity index (χ1n) is 21.4. The van der Waals surface area contributed by atoms with Crippen molar-refractivity contribution < 1.29 is 10.2 Å². The van der Waals surface area contributed by atoms with Gasteiger partial charge in [0.05, 0.1) is 0 Å². The van der Waals surface area contributed by atoms with Gasteiger partial charge in [-0.3, -0.25) is 0 Å². The molecule has 0 saturated heterocycles. The summed E-state index contributed by atoms with van der Waals surface area (Å²) in [5.41, 5.74) is 5.61. The SMILES string of the molecule is BrC12CC3CC(CC(C3)C1)C2.Cc1ccc(C23CC4CC(CC(C4)C2)C3)cc1.Oc1ccc(C23CC4CC(CC(C4)C2)C3)cc1.Oc1ccccc1. The van der Waals surface area contributed by atoms with Crippen LogP contribution in [0.15, 0.2) is 78.9 Å². The molecule has 0 spiro atoms. The number of para-hydroxylation sites is 1. The summed E-state index contributed by atoms with van der Waals surface area (Å²) in [6, 6.07) is 26.3. The van der Waals surface area contributed by atoms with Crippen molar-refractivity contribution in [3.05, 3.63) is 95.6 Å². The summed E-state index contributed by atoms with van der Waals surface area (Å²) in [4.78, 5) is 0. The second-order valence-corrected chi connectivity index (χ2v) is 21.9. The lowest BCUT2D eigenvalue weighted by Gasteiger charge is -2.57. The number of hydrogen-bond donors (Lipinski definition) is 2. The van der Waals surface area contributed by atoms with Crippen molar-refractivity contribution in [1.29, 1.82) is 0 Å². The molecule has 12 bridgehead atoms. The number of alkyl halides is 1. The van der Waals surface area contributed by atoms with Gasteiger partial charge in [-0.1, -0.05) is 76.1 Å². The van der Waals surface area contributed by atoms with Crippen LogP contribution in [-0.4, -0.2) is 14.5 Å². The zero-order valence-electron chi connectivity index (χ0n) is 31.7. The number of hydrogen-bond acceptors (Lipinski definition) is 2. The van der Waals surface area contributed by atoms with Crippen LogP contribution in [0.4, 0.5) is 0 Å². The number of benzene rings is 3. The van der Waals surface area contributed by atoms with Crippen LogP contribution in [0.5, 0.6) is 11.5 Å². The first-order chi connectivity index (χ1) is 25.1. The molecular formula is C49H63BrO2. The lowest BCUT2D eigenvalue weighted by atomic mass is 9.48. The van der Waals surface area contributed by atoms with Crippen molar-refractivity contribution in [3.63, 3.8) is 0 Å². The minimum Gasteiger partial charge on any atom is -0.508 e. The minimum atomic E-state index is 0.322. The molecule has 3 aromatic rings. The van der Waals surface area contributed by atoms with Gasteiger partial charge in [0, 0.05) is 4.32 Å². The molecule has 12 saturated carbocycles. The van der Waals surface area contributed by atoms with Crippen LogP contribution in [0.2, 0.25) is 0 Å². The van der Waals surface area contributed by atoms with E-state index < -0.39 is 0 Å². The quantitative estimate of drug-likeness (QED) is 0.255. The third-order valence-corrected chi connectivity index (χ3v) is 16.9. The predicted molar refractivity (Wildman–Crippen MR) is 217 cm³/mol. The Kier molecular flexibility index (Phi) is 9.61. The number of halogens is 1. The highest BCUT2D eigenvalue weighted by molar-refractivity contribution is 9.10. The molecule has 0 aliphatic heterocycles. The topological polar surface area (TPSA) is 40.5 Å². The van der Waals surface area contributed by atoms with Crippen molar-refractivity contribution in [2.24, 2.45) is 53.3 Å². The Bertz CT molecular complexity index is 1470. The Labute approximate surface area is 322 Å². The van der Waals surface area contributed by atoms with Crippen LogP contribution in [0.3, 0.4) is 0 Å². The molecule has 0 heterocycles. The molecule has 0 aromatic heterocycles. The van der Waals surface area contributed by atoms with Crippen molar-refractivity contribution >= 4 is 15.9 Å². The standard InChI is InChI=1S/C17H22.C16H20O.C10H15Br.C6H6O/c1-12-2-4-16(5-3-12)17-9-13-6-14(10-17)8-15(7-13)11-17;17-15-3-1-14(2-4-15)16-8-11-5-12(9-16)7-13(6-11)10-16;11-10-4-7-1-8(5-10)3-9(2-7)6-10;7-6-4-2-1-3-5-6/h2-5,13-15H,6-11H2,1H3;1-4,11-13,17H,5-10H2;7-9H,1-6H2;1-5,7H. The van der Waals surface area contributed by atoms with Gasteiger partial charge < -0.3 is 10.2 Å². The van der Waals surface area contributed by atoms with Crippen molar-refractivity contribution in [1.82, 2.24) is 0 Å². The van der Waals surface area contributed by atoms with E-state index in [0.29, 0.717) is 26.7 Å². The molecule has 0 amide bonds. The summed E-state index contributed by atoms with van der Waals surface area (Å²) in [6.07, 6.45) is 27.0. The normalized spacial score (nSPS) is 42.0. The Morgan fingerprint density at radius 1 is 0.404 bits per heavy atom. The molecule has 0 unspecified atom stereocenters. The number of phenolic OH excluding ortho intramolecular Hbond substituents is 2. The first-order valence-corrected chi connectivity index (χ1v) is 22.2. The zero-order valence-corrected chi connectivity index (χ0v) is 33.3. The van der Waals surface area contributed by atoms with E-state index in [1.54, 1.807) is 68.4 Å². The van der Waals surface area contributed by atoms with Crippen LogP contribution in [-0.2, 0) is 10.8 Å². The van der Waals surface area contributed by atoms with Gasteiger partial charge in [0.2, 0.25) is 0 Å². The number of phenols is 2. The van der Waals surface area contributed by atoms with E-state index >= 15 is 0 Å². The first kappa shape index (κ1) is 35.4. The summed E-state index contributed by atoms with van der Waals surface area (Å²) >= 11 is 3.96. The smallest absolute Gasteiger partial charge is 0.115 e. The van der Waals surface area contributed by atoms with Gasteiger partial charge >= 0.3 is 0 Å². The molecule has 12 aliphatic rings. The van der Waals surface area contributed by atoms with Crippen molar-refractivity contribution in [2.45, 2.75) is 138 Å². The van der Waals surface area contributed by atoms with Crippen molar-refractivity contribution in [3.8, 4) is 11.5 Å². The maximum absolute atomic E-state index is 9.44. The molecule has 15 rings (SSSR count). The molecule has 278 valence electrons. The third kappa shape index (κ3) is 7.40. The van der Waals surface area contributed by atoms with Gasteiger partial charge in [0.25, 0.3) is 0 Å². The van der Waals surface area contributed by atoms with E-state index in [9.17, 15) is 5.11 Å². The zero-order chi connectivity index (χ0) is 35.5. The number of rotatable bonds is 2. The number of aromatic hydroxyl groups is 2. The maximum Gasteiger partial charge on any atom is 0.115 e. The van der Waals surface area contributed by atoms with Crippen LogP contribution in [0.1, 0.15) is 132 Å². The Hall–Kier alpha value is -2.26. The van der Waals surface area contributed by atoms with Gasteiger partial charge in [-0.05, 0) is 222 Å². The van der Waals surface area contributed by atoms with Crippen molar-refractivity contribution in [2.75, 3.05) is 0 Å². The summed E-state index contributed by atoms with van der Waals surface area (Å²) in [5.74, 6) is 10.2. The Balaban J connectivity index is 0.0000000969. The lowest BCUT2D eigenvalue weighted by molar-refractivity contribution is -0.00532. The highest BCUT2D eigenvalue weighted by Crippen LogP contribution is 2.62. The summed E-state index contributed by atoms with van der Waals surface area (Å²) in [5, 5.41) is 18.1. The summed E-state index contributed by atoms with van der Waals surface area (Å²) in [7, 11) is 0. The molecule has 12 aliphatic carbocycles. The number of aryl methyl sites for hydroxylation is 1. The van der Waals surface area contributed by atoms with E-state index in [1.165, 1.54) is 88.2 Å². The fourth-order valence-electron chi connectivity index (χ4n) is 15.1. The van der Waals surface area contributed by atoms with E-state index in [1.807, 2.05) is 18.2 Å². The molecule has 3 aromatic carbocycles. The largest absolute Gasteiger partial charge is 0.508 e. The molecule has 3 heteroatoms. The van der Waals surface area contributed by atoms with E-state index in [-0.39, 0.29) is 0 Å². The van der Waals surface area contributed by atoms with Gasteiger partial charge in [0.1, 0.15) is 11.5 Å². The lowest BCUT2D eigenvalue weighted by Crippen LogP contribution is -2.48. The molecular weight excluding hydrogens is 700 g/mol. The molecule has 52 heavy (non-hydrogen) atoms. The van der Waals surface area contributed by atoms with Crippen LogP contribution < -0.4 is 0 Å². The summed E-state index contributed by atoms with van der Waals surface area (Å²) < 4.78 is 0.613. The van der Waals surface area contributed by atoms with Gasteiger partial charge in [0.15, 0.2) is 0 Å². The van der Waals surface area contributed by atoms with Crippen LogP contribution >= 0.6 is 15.9 Å². The average Bonchev–Trinajstić information content (AvgIpc) is 3.08. The van der Waals surface area contributed by atoms with Crippen LogP contribution in [0, 0.1) is 60.2 Å². The molecule has 2 nitrogen and oxygen atoms in total. The Morgan fingerprint density at radius 2 is 0.692 bits per heavy atom. The van der Waals surface area contributed by atoms with E-state index in [2.05, 4.69) is 59.3 Å². The third-order valence-electron chi connectivity index (χ3n) is 15.9. The van der Waals surface area contributed by atoms with E-state index in [4.69, 9.17) is 5.11 Å². The molecule has 0 radical (unpaired) electrons. The van der Waals surface area contributed by atoms with Gasteiger partial charge in [-0.15, -0.1) is 0 Å².